The van der Waals surface area contributed by atoms with Gasteiger partial charge in [-0.2, -0.15) is 0 Å². The molecular formula is C13H13NO4. The van der Waals surface area contributed by atoms with Crippen LogP contribution in [0, 0.1) is 0 Å². The van der Waals surface area contributed by atoms with Gasteiger partial charge in [-0.25, -0.2) is 4.79 Å². The van der Waals surface area contributed by atoms with Crippen LogP contribution in [-0.4, -0.2) is 17.1 Å². The first-order valence-electron chi connectivity index (χ1n) is 6.02. The highest BCUT2D eigenvalue weighted by Gasteiger charge is 2.28. The van der Waals surface area contributed by atoms with E-state index in [1.165, 1.54) is 6.26 Å². The summed E-state index contributed by atoms with van der Waals surface area (Å²) in [5.74, 6) is -0.569. The molecule has 0 radical (unpaired) electrons. The van der Waals surface area contributed by atoms with Crippen LogP contribution in [-0.2, 0) is 4.74 Å². The highest BCUT2D eigenvalue weighted by molar-refractivity contribution is 5.92. The van der Waals surface area contributed by atoms with E-state index < -0.39 is 5.97 Å². The molecular weight excluding hydrogens is 234 g/mol. The Morgan fingerprint density at radius 3 is 3.00 bits per heavy atom. The Bertz CT molecular complexity index is 663. The first kappa shape index (κ1) is 11.1. The Morgan fingerprint density at radius 2 is 2.33 bits per heavy atom. The molecule has 0 amide bonds. The zero-order chi connectivity index (χ0) is 12.7. The van der Waals surface area contributed by atoms with Gasteiger partial charge in [0.25, 0.3) is 0 Å². The monoisotopic (exact) mass is 247 g/mol. The summed E-state index contributed by atoms with van der Waals surface area (Å²) in [5.41, 5.74) is 0.294. The number of carbonyl (C=O) groups excluding carboxylic acids is 1. The summed E-state index contributed by atoms with van der Waals surface area (Å²) in [4.78, 5) is 23.9. The van der Waals surface area contributed by atoms with Crippen LogP contribution in [0.5, 0.6) is 0 Å². The van der Waals surface area contributed by atoms with Crippen molar-refractivity contribution in [2.45, 2.75) is 25.8 Å². The molecule has 0 bridgehead atoms. The Kier molecular flexibility index (Phi) is 2.47. The molecule has 2 aromatic rings. The maximum absolute atomic E-state index is 12.1. The summed E-state index contributed by atoms with van der Waals surface area (Å²) in [6.07, 6.45) is 5.12. The van der Waals surface area contributed by atoms with E-state index in [1.54, 1.807) is 19.2 Å². The molecule has 5 nitrogen and oxygen atoms in total. The largest absolute Gasteiger partial charge is 0.462 e. The van der Waals surface area contributed by atoms with Crippen LogP contribution in [0.1, 0.15) is 36.2 Å². The molecule has 18 heavy (non-hydrogen) atoms. The van der Waals surface area contributed by atoms with E-state index in [0.29, 0.717) is 17.1 Å². The van der Waals surface area contributed by atoms with Crippen LogP contribution >= 0.6 is 0 Å². The van der Waals surface area contributed by atoms with Crippen LogP contribution in [0.4, 0.5) is 0 Å². The lowest BCUT2D eigenvalue weighted by Gasteiger charge is -2.08. The van der Waals surface area contributed by atoms with Crippen molar-refractivity contribution in [1.82, 2.24) is 4.57 Å². The number of pyridine rings is 1. The number of esters is 1. The molecule has 2 heterocycles. The number of hydrogen-bond acceptors (Lipinski definition) is 4. The van der Waals surface area contributed by atoms with Crippen molar-refractivity contribution in [3.05, 3.63) is 34.3 Å². The van der Waals surface area contributed by atoms with Crippen molar-refractivity contribution in [1.29, 1.82) is 0 Å². The highest BCUT2D eigenvalue weighted by Crippen LogP contribution is 2.37. The third-order valence-electron chi connectivity index (χ3n) is 3.07. The Labute approximate surface area is 103 Å². The maximum Gasteiger partial charge on any atom is 0.343 e. The summed E-state index contributed by atoms with van der Waals surface area (Å²) >= 11 is 0. The van der Waals surface area contributed by atoms with Crippen LogP contribution in [0.25, 0.3) is 11.1 Å². The number of hydrogen-bond donors (Lipinski definition) is 0. The second kappa shape index (κ2) is 4.01. The predicted molar refractivity (Wildman–Crippen MR) is 64.7 cm³/mol. The molecule has 0 spiro atoms. The number of carbonyl (C=O) groups is 1. The van der Waals surface area contributed by atoms with Gasteiger partial charge in [0.2, 0.25) is 11.1 Å². The van der Waals surface area contributed by atoms with Gasteiger partial charge in [-0.1, -0.05) is 0 Å². The number of rotatable bonds is 3. The smallest absolute Gasteiger partial charge is 0.343 e. The fourth-order valence-electron chi connectivity index (χ4n) is 2.05. The van der Waals surface area contributed by atoms with Crippen LogP contribution in [0.15, 0.2) is 27.7 Å². The second-order valence-electron chi connectivity index (χ2n) is 4.37. The molecule has 0 N–H and O–H groups in total. The van der Waals surface area contributed by atoms with Gasteiger partial charge in [0.15, 0.2) is 0 Å². The van der Waals surface area contributed by atoms with Crippen molar-refractivity contribution in [2.24, 2.45) is 0 Å². The number of ether oxygens (including phenoxy) is 1. The zero-order valence-corrected chi connectivity index (χ0v) is 10.0. The number of aromatic nitrogens is 1. The standard InChI is InChI=1S/C13H13NO4/c1-2-17-13(16)10-7-14(8-3-4-8)12-9(11(10)15)5-6-18-12/h5-8H,2-4H2,1H3. The van der Waals surface area contributed by atoms with Gasteiger partial charge < -0.3 is 13.7 Å². The molecule has 1 fully saturated rings. The molecule has 0 aromatic carbocycles. The van der Waals surface area contributed by atoms with Gasteiger partial charge in [-0.15, -0.1) is 0 Å². The van der Waals surface area contributed by atoms with Crippen LogP contribution in [0.2, 0.25) is 0 Å². The zero-order valence-electron chi connectivity index (χ0n) is 10.0. The molecule has 0 aliphatic heterocycles. The van der Waals surface area contributed by atoms with Crippen LogP contribution < -0.4 is 5.43 Å². The molecule has 5 heteroatoms. The average molecular weight is 247 g/mol. The number of fused-ring (bicyclic) bond motifs is 1. The minimum Gasteiger partial charge on any atom is -0.462 e. The second-order valence-corrected chi connectivity index (χ2v) is 4.37. The minimum absolute atomic E-state index is 0.0812. The van der Waals surface area contributed by atoms with E-state index in [4.69, 9.17) is 9.15 Å². The lowest BCUT2D eigenvalue weighted by Crippen LogP contribution is -2.20. The first-order chi connectivity index (χ1) is 8.72. The lowest BCUT2D eigenvalue weighted by molar-refractivity contribution is 0.0524. The van der Waals surface area contributed by atoms with Gasteiger partial charge >= 0.3 is 5.97 Å². The van der Waals surface area contributed by atoms with Crippen molar-refractivity contribution in [3.63, 3.8) is 0 Å². The number of furan rings is 1. The molecule has 0 atom stereocenters. The van der Waals surface area contributed by atoms with Crippen molar-refractivity contribution < 1.29 is 13.9 Å². The topological polar surface area (TPSA) is 61.4 Å². The molecule has 1 aliphatic carbocycles. The fraction of sp³-hybridized carbons (Fsp3) is 0.385. The summed E-state index contributed by atoms with van der Waals surface area (Å²) in [6.45, 7) is 1.97. The quantitative estimate of drug-likeness (QED) is 0.779. The van der Waals surface area contributed by atoms with Crippen LogP contribution in [0.3, 0.4) is 0 Å². The SMILES string of the molecule is CCOC(=O)c1cn(C2CC2)c2occc2c1=O. The van der Waals surface area contributed by atoms with E-state index in [9.17, 15) is 9.59 Å². The Balaban J connectivity index is 2.22. The molecule has 94 valence electrons. The number of nitrogens with zero attached hydrogens (tertiary/aromatic N) is 1. The summed E-state index contributed by atoms with van der Waals surface area (Å²) in [7, 11) is 0. The molecule has 3 rings (SSSR count). The van der Waals surface area contributed by atoms with Crippen molar-refractivity contribution >= 4 is 17.1 Å². The normalized spacial score (nSPS) is 14.9. The van der Waals surface area contributed by atoms with Crippen molar-refractivity contribution in [2.75, 3.05) is 6.61 Å². The molecule has 1 aliphatic rings. The van der Waals surface area contributed by atoms with E-state index in [0.717, 1.165) is 12.8 Å². The average Bonchev–Trinajstić information content (AvgIpc) is 3.06. The molecule has 1 saturated carbocycles. The van der Waals surface area contributed by atoms with Gasteiger partial charge in [0, 0.05) is 12.2 Å². The Morgan fingerprint density at radius 1 is 1.56 bits per heavy atom. The van der Waals surface area contributed by atoms with E-state index in [1.807, 2.05) is 4.57 Å². The van der Waals surface area contributed by atoms with Gasteiger partial charge in [0.05, 0.1) is 18.3 Å². The summed E-state index contributed by atoms with van der Waals surface area (Å²) in [6, 6.07) is 1.92. The van der Waals surface area contributed by atoms with Crippen molar-refractivity contribution in [3.8, 4) is 0 Å². The first-order valence-corrected chi connectivity index (χ1v) is 6.02. The highest BCUT2D eigenvalue weighted by atomic mass is 16.5. The molecule has 2 aromatic heterocycles. The van der Waals surface area contributed by atoms with E-state index in [2.05, 4.69) is 0 Å². The molecule has 0 saturated heterocycles. The summed E-state index contributed by atoms with van der Waals surface area (Å²) in [5, 5.41) is 0.437. The van der Waals surface area contributed by atoms with Gasteiger partial charge in [-0.3, -0.25) is 4.79 Å². The third-order valence-corrected chi connectivity index (χ3v) is 3.07. The Hall–Kier alpha value is -2.04. The molecule has 0 unspecified atom stereocenters. The van der Waals surface area contributed by atoms with E-state index >= 15 is 0 Å². The summed E-state index contributed by atoms with van der Waals surface area (Å²) < 4.78 is 12.1. The van der Waals surface area contributed by atoms with Gasteiger partial charge in [-0.05, 0) is 25.8 Å². The van der Waals surface area contributed by atoms with Gasteiger partial charge in [0.1, 0.15) is 5.56 Å². The third kappa shape index (κ3) is 1.63. The predicted octanol–water partition coefficient (Wildman–Crippen LogP) is 2.11. The minimum atomic E-state index is -0.569. The fourth-order valence-corrected chi connectivity index (χ4v) is 2.05. The lowest BCUT2D eigenvalue weighted by atomic mass is 10.2. The maximum atomic E-state index is 12.1. The van der Waals surface area contributed by atoms with E-state index in [-0.39, 0.29) is 17.6 Å².